The Balaban J connectivity index is 2.94. The zero-order chi connectivity index (χ0) is 6.69. The largest absolute Gasteiger partial charge is 0.446 e. The first-order valence-corrected chi connectivity index (χ1v) is 3.09. The molecule has 0 fully saturated rings. The Labute approximate surface area is 59.6 Å². The molecule has 1 rings (SSSR count). The van der Waals surface area contributed by atoms with Crippen LogP contribution in [0.25, 0.3) is 0 Å². The van der Waals surface area contributed by atoms with Gasteiger partial charge in [0.15, 0.2) is 0 Å². The molecule has 1 nitrogen and oxygen atoms in total. The highest BCUT2D eigenvalue weighted by molar-refractivity contribution is 6.30. The number of hydrogen-bond donors (Lipinski definition) is 1. The van der Waals surface area contributed by atoms with E-state index in [0.717, 1.165) is 10.7 Å². The molecule has 0 aliphatic carbocycles. The fourth-order valence-electron chi connectivity index (χ4n) is 0.634. The average molecular weight is 142 g/mol. The van der Waals surface area contributed by atoms with Crippen LogP contribution in [0.2, 0.25) is 5.02 Å². The van der Waals surface area contributed by atoms with Gasteiger partial charge in [0, 0.05) is 11.1 Å². The van der Waals surface area contributed by atoms with Crippen molar-refractivity contribution in [2.75, 3.05) is 0 Å². The average Bonchev–Trinajstić information content (AvgIpc) is 1.88. The molecule has 48 valence electrons. The number of nitrogens with two attached hydrogens (primary N) is 1. The van der Waals surface area contributed by atoms with Crippen molar-refractivity contribution >= 4 is 17.3 Å². The van der Waals surface area contributed by atoms with Gasteiger partial charge < -0.3 is 5.32 Å². The van der Waals surface area contributed by atoms with Gasteiger partial charge in [0.2, 0.25) is 0 Å². The van der Waals surface area contributed by atoms with Crippen molar-refractivity contribution in [3.63, 3.8) is 0 Å². The monoisotopic (exact) mass is 141 g/mol. The van der Waals surface area contributed by atoms with Crippen LogP contribution in [0.3, 0.4) is 0 Å². The minimum atomic E-state index is 0.757. The van der Waals surface area contributed by atoms with E-state index in [-0.39, 0.29) is 0 Å². The maximum atomic E-state index is 5.68. The van der Waals surface area contributed by atoms with E-state index in [1.54, 1.807) is 5.32 Å². The van der Waals surface area contributed by atoms with Crippen LogP contribution in [0.4, 0.5) is 5.69 Å². The molecule has 0 amide bonds. The molecule has 0 bridgehead atoms. The zero-order valence-corrected chi connectivity index (χ0v) is 5.73. The highest BCUT2D eigenvalue weighted by Gasteiger charge is 1.88. The van der Waals surface area contributed by atoms with Gasteiger partial charge in [-0.3, -0.25) is 0 Å². The Hall–Kier alpha value is -0.530. The summed E-state index contributed by atoms with van der Waals surface area (Å²) >= 11 is 5.68. The summed E-state index contributed by atoms with van der Waals surface area (Å²) in [6, 6.07) is 7.57. The lowest BCUT2D eigenvalue weighted by molar-refractivity contribution is -0.504. The molecule has 0 radical (unpaired) electrons. The van der Waals surface area contributed by atoms with Gasteiger partial charge in [0.25, 0.3) is 0 Å². The topological polar surface area (TPSA) is 16.6 Å². The number of rotatable bonds is 1. The summed E-state index contributed by atoms with van der Waals surface area (Å²) in [6.07, 6.45) is 0. The molecule has 0 saturated heterocycles. The van der Waals surface area contributed by atoms with Crippen LogP contribution in [-0.2, 0) is 0 Å². The van der Waals surface area contributed by atoms with E-state index in [9.17, 15) is 0 Å². The number of halogens is 1. The first-order valence-electron chi connectivity index (χ1n) is 2.71. The van der Waals surface area contributed by atoms with E-state index in [4.69, 9.17) is 11.6 Å². The molecular weight excluding hydrogens is 134 g/mol. The third-order valence-electron chi connectivity index (χ3n) is 1.08. The SMILES string of the molecule is [CH2-][NH2+]c1cccc(Cl)c1. The first kappa shape index (κ1) is 6.59. The highest BCUT2D eigenvalue weighted by Crippen LogP contribution is 2.10. The molecule has 0 spiro atoms. The summed E-state index contributed by atoms with van der Waals surface area (Å²) < 4.78 is 0. The van der Waals surface area contributed by atoms with Gasteiger partial charge in [-0.15, -0.1) is 7.05 Å². The molecular formula is C7H8ClN. The summed E-state index contributed by atoms with van der Waals surface area (Å²) in [7, 11) is 3.61. The molecule has 1 aromatic rings. The number of quaternary nitrogens is 1. The Morgan fingerprint density at radius 3 is 2.67 bits per heavy atom. The predicted molar refractivity (Wildman–Crippen MR) is 38.4 cm³/mol. The van der Waals surface area contributed by atoms with E-state index in [0.29, 0.717) is 0 Å². The van der Waals surface area contributed by atoms with Crippen LogP contribution in [0, 0.1) is 7.05 Å². The third-order valence-corrected chi connectivity index (χ3v) is 1.32. The van der Waals surface area contributed by atoms with Crippen molar-refractivity contribution < 1.29 is 5.32 Å². The standard InChI is InChI=1S/C7H8ClN/c1-9-7-4-2-3-6(8)5-7/h2-5H,1,9H2. The van der Waals surface area contributed by atoms with Gasteiger partial charge in [-0.2, -0.15) is 0 Å². The molecule has 2 N–H and O–H groups in total. The van der Waals surface area contributed by atoms with Gasteiger partial charge in [0.05, 0.1) is 0 Å². The van der Waals surface area contributed by atoms with E-state index >= 15 is 0 Å². The maximum absolute atomic E-state index is 5.68. The van der Waals surface area contributed by atoms with Crippen molar-refractivity contribution in [1.29, 1.82) is 0 Å². The Bertz CT molecular complexity index is 198. The number of benzene rings is 1. The van der Waals surface area contributed by atoms with Gasteiger partial charge >= 0.3 is 0 Å². The van der Waals surface area contributed by atoms with E-state index in [1.807, 2.05) is 24.3 Å². The second-order valence-corrected chi connectivity index (χ2v) is 2.20. The smallest absolute Gasteiger partial charge is 0.104 e. The summed E-state index contributed by atoms with van der Waals surface area (Å²) in [5.74, 6) is 0. The predicted octanol–water partition coefficient (Wildman–Crippen LogP) is 1.33. The molecule has 0 heterocycles. The third kappa shape index (κ3) is 1.70. The molecule has 0 aliphatic heterocycles. The molecule has 0 aromatic heterocycles. The zero-order valence-electron chi connectivity index (χ0n) is 4.97. The number of hydrogen-bond acceptors (Lipinski definition) is 0. The van der Waals surface area contributed by atoms with Crippen molar-refractivity contribution in [2.24, 2.45) is 0 Å². The second kappa shape index (κ2) is 2.85. The van der Waals surface area contributed by atoms with Crippen LogP contribution in [0.5, 0.6) is 0 Å². The van der Waals surface area contributed by atoms with Gasteiger partial charge in [0.1, 0.15) is 5.69 Å². The van der Waals surface area contributed by atoms with Gasteiger partial charge in [-0.25, -0.2) is 0 Å². The van der Waals surface area contributed by atoms with Crippen LogP contribution < -0.4 is 5.32 Å². The van der Waals surface area contributed by atoms with Crippen LogP contribution in [0.1, 0.15) is 0 Å². The summed E-state index contributed by atoms with van der Waals surface area (Å²) in [5.41, 5.74) is 1.06. The Morgan fingerprint density at radius 2 is 2.22 bits per heavy atom. The minimum Gasteiger partial charge on any atom is -0.446 e. The highest BCUT2D eigenvalue weighted by atomic mass is 35.5. The lowest BCUT2D eigenvalue weighted by Gasteiger charge is -1.96. The maximum Gasteiger partial charge on any atom is 0.104 e. The van der Waals surface area contributed by atoms with Crippen molar-refractivity contribution in [2.45, 2.75) is 0 Å². The first-order chi connectivity index (χ1) is 4.33. The molecule has 9 heavy (non-hydrogen) atoms. The molecule has 0 atom stereocenters. The lowest BCUT2D eigenvalue weighted by Crippen LogP contribution is -2.69. The van der Waals surface area contributed by atoms with E-state index < -0.39 is 0 Å². The summed E-state index contributed by atoms with van der Waals surface area (Å²) in [6.45, 7) is 0. The van der Waals surface area contributed by atoms with Crippen molar-refractivity contribution in [1.82, 2.24) is 0 Å². The molecule has 0 unspecified atom stereocenters. The second-order valence-electron chi connectivity index (χ2n) is 1.76. The normalized spacial score (nSPS) is 9.56. The van der Waals surface area contributed by atoms with Gasteiger partial charge in [-0.1, -0.05) is 17.7 Å². The van der Waals surface area contributed by atoms with Crippen LogP contribution >= 0.6 is 11.6 Å². The fourth-order valence-corrected chi connectivity index (χ4v) is 0.832. The summed E-state index contributed by atoms with van der Waals surface area (Å²) in [4.78, 5) is 0. The Morgan fingerprint density at radius 1 is 1.44 bits per heavy atom. The van der Waals surface area contributed by atoms with Crippen molar-refractivity contribution in [3.05, 3.63) is 36.3 Å². The minimum absolute atomic E-state index is 0.757. The molecule has 1 aromatic carbocycles. The molecule has 0 saturated carbocycles. The van der Waals surface area contributed by atoms with Gasteiger partial charge in [-0.05, 0) is 12.1 Å². The molecule has 0 aliphatic rings. The van der Waals surface area contributed by atoms with Crippen LogP contribution in [-0.4, -0.2) is 0 Å². The summed E-state index contributed by atoms with van der Waals surface area (Å²) in [5, 5.41) is 2.53. The van der Waals surface area contributed by atoms with E-state index in [2.05, 4.69) is 7.05 Å². The molecule has 2 heteroatoms. The van der Waals surface area contributed by atoms with Crippen LogP contribution in [0.15, 0.2) is 24.3 Å². The quantitative estimate of drug-likeness (QED) is 0.449. The van der Waals surface area contributed by atoms with Crippen molar-refractivity contribution in [3.8, 4) is 0 Å². The van der Waals surface area contributed by atoms with E-state index in [1.165, 1.54) is 0 Å². The lowest BCUT2D eigenvalue weighted by atomic mass is 10.3. The fraction of sp³-hybridized carbons (Fsp3) is 0. The Kier molecular flexibility index (Phi) is 2.09.